The average molecular weight is 338 g/mol. The molecule has 2 aromatic heterocycles. The van der Waals surface area contributed by atoms with Gasteiger partial charge in [-0.05, 0) is 43.9 Å². The van der Waals surface area contributed by atoms with Gasteiger partial charge in [-0.25, -0.2) is 15.0 Å². The fourth-order valence-corrected chi connectivity index (χ4v) is 3.36. The molecule has 24 heavy (non-hydrogen) atoms. The summed E-state index contributed by atoms with van der Waals surface area (Å²) < 4.78 is 0. The van der Waals surface area contributed by atoms with E-state index >= 15 is 0 Å². The van der Waals surface area contributed by atoms with Crippen LogP contribution in [0.15, 0.2) is 41.4 Å². The molecule has 124 valence electrons. The summed E-state index contributed by atoms with van der Waals surface area (Å²) in [5.41, 5.74) is 4.35. The summed E-state index contributed by atoms with van der Waals surface area (Å²) in [6.45, 7) is 5.68. The summed E-state index contributed by atoms with van der Waals surface area (Å²) >= 11 is 1.69. The number of aryl methyl sites for hydroxylation is 2. The van der Waals surface area contributed by atoms with E-state index in [4.69, 9.17) is 4.98 Å². The average Bonchev–Trinajstić information content (AvgIpc) is 2.57. The second-order valence-corrected chi connectivity index (χ2v) is 6.64. The van der Waals surface area contributed by atoms with Gasteiger partial charge in [0.1, 0.15) is 10.9 Å². The number of nitrogens with zero attached hydrogens (tertiary/aromatic N) is 3. The number of aromatic nitrogens is 3. The van der Waals surface area contributed by atoms with Crippen LogP contribution in [0.4, 0.5) is 0 Å². The Kier molecular flexibility index (Phi) is 5.43. The van der Waals surface area contributed by atoms with Crippen LogP contribution in [0.2, 0.25) is 0 Å². The van der Waals surface area contributed by atoms with E-state index in [1.54, 1.807) is 11.8 Å². The summed E-state index contributed by atoms with van der Waals surface area (Å²) in [4.78, 5) is 13.7. The highest BCUT2D eigenvalue weighted by atomic mass is 32.2. The molecule has 4 nitrogen and oxygen atoms in total. The molecule has 1 aromatic carbocycles. The van der Waals surface area contributed by atoms with Crippen LogP contribution in [-0.4, -0.2) is 27.8 Å². The van der Waals surface area contributed by atoms with Gasteiger partial charge in [-0.2, -0.15) is 0 Å². The molecular formula is C19H22N4S. The highest BCUT2D eigenvalue weighted by Gasteiger charge is 2.06. The van der Waals surface area contributed by atoms with Gasteiger partial charge in [-0.15, -0.1) is 11.8 Å². The Morgan fingerprint density at radius 2 is 1.75 bits per heavy atom. The van der Waals surface area contributed by atoms with E-state index in [-0.39, 0.29) is 0 Å². The Labute approximate surface area is 147 Å². The first-order chi connectivity index (χ1) is 11.7. The number of hydrogen-bond donors (Lipinski definition) is 1. The monoisotopic (exact) mass is 338 g/mol. The van der Waals surface area contributed by atoms with Crippen LogP contribution < -0.4 is 5.32 Å². The summed E-state index contributed by atoms with van der Waals surface area (Å²) in [5, 5.41) is 5.77. The van der Waals surface area contributed by atoms with Gasteiger partial charge in [-0.3, -0.25) is 0 Å². The van der Waals surface area contributed by atoms with Crippen LogP contribution in [0.1, 0.15) is 22.8 Å². The molecule has 0 radical (unpaired) electrons. The number of pyridine rings is 1. The fraction of sp³-hybridized carbons (Fsp3) is 0.316. The Morgan fingerprint density at radius 1 is 1.00 bits per heavy atom. The number of nitrogens with one attached hydrogen (secondary N) is 1. The molecule has 0 aliphatic carbocycles. The molecule has 1 N–H and O–H groups in total. The molecule has 0 amide bonds. The van der Waals surface area contributed by atoms with Gasteiger partial charge in [0.25, 0.3) is 0 Å². The Balaban J connectivity index is 1.64. The molecule has 0 saturated heterocycles. The number of benzene rings is 1. The summed E-state index contributed by atoms with van der Waals surface area (Å²) in [6, 6.07) is 12.5. The van der Waals surface area contributed by atoms with Gasteiger partial charge in [-0.1, -0.05) is 18.2 Å². The van der Waals surface area contributed by atoms with Crippen molar-refractivity contribution in [1.29, 1.82) is 0 Å². The fourth-order valence-electron chi connectivity index (χ4n) is 2.78. The van der Waals surface area contributed by atoms with E-state index in [0.717, 1.165) is 47.3 Å². The standard InChI is InChI=1S/C19H22N4S/c1-13-10-14(2)22-18(21-13)8-9-20-12-16-11-15-6-4-5-7-17(15)23-19(16)24-3/h4-7,10-11,20H,8-9,12H2,1-3H3. The van der Waals surface area contributed by atoms with Crippen LogP contribution in [0.5, 0.6) is 0 Å². The van der Waals surface area contributed by atoms with Crippen molar-refractivity contribution in [1.82, 2.24) is 20.3 Å². The minimum atomic E-state index is 0.804. The van der Waals surface area contributed by atoms with Crippen molar-refractivity contribution in [3.8, 4) is 0 Å². The molecule has 2 heterocycles. The molecular weight excluding hydrogens is 316 g/mol. The van der Waals surface area contributed by atoms with Crippen LogP contribution in [-0.2, 0) is 13.0 Å². The van der Waals surface area contributed by atoms with Gasteiger partial charge < -0.3 is 5.32 Å². The third-order valence-electron chi connectivity index (χ3n) is 3.83. The van der Waals surface area contributed by atoms with Gasteiger partial charge in [0.15, 0.2) is 0 Å². The topological polar surface area (TPSA) is 50.7 Å². The summed E-state index contributed by atoms with van der Waals surface area (Å²) in [5.74, 6) is 0.904. The lowest BCUT2D eigenvalue weighted by Crippen LogP contribution is -2.18. The first kappa shape index (κ1) is 16.9. The van der Waals surface area contributed by atoms with Crippen LogP contribution in [0.25, 0.3) is 10.9 Å². The smallest absolute Gasteiger partial charge is 0.130 e. The first-order valence-corrected chi connectivity index (χ1v) is 9.33. The third-order valence-corrected chi connectivity index (χ3v) is 4.57. The highest BCUT2D eigenvalue weighted by Crippen LogP contribution is 2.23. The number of para-hydroxylation sites is 1. The molecule has 5 heteroatoms. The predicted molar refractivity (Wildman–Crippen MR) is 100 cm³/mol. The zero-order valence-corrected chi connectivity index (χ0v) is 15.2. The number of thioether (sulfide) groups is 1. The SMILES string of the molecule is CSc1nc2ccccc2cc1CNCCc1nc(C)cc(C)n1. The van der Waals surface area contributed by atoms with E-state index < -0.39 is 0 Å². The summed E-state index contributed by atoms with van der Waals surface area (Å²) in [7, 11) is 0. The number of hydrogen-bond acceptors (Lipinski definition) is 5. The first-order valence-electron chi connectivity index (χ1n) is 8.10. The van der Waals surface area contributed by atoms with E-state index in [2.05, 4.69) is 45.8 Å². The molecule has 0 aliphatic rings. The van der Waals surface area contributed by atoms with Crippen molar-refractivity contribution in [3.63, 3.8) is 0 Å². The Morgan fingerprint density at radius 3 is 2.50 bits per heavy atom. The predicted octanol–water partition coefficient (Wildman–Crippen LogP) is 3.70. The quantitative estimate of drug-likeness (QED) is 0.549. The third kappa shape index (κ3) is 4.10. The molecule has 0 atom stereocenters. The van der Waals surface area contributed by atoms with Crippen molar-refractivity contribution in [3.05, 3.63) is 59.2 Å². The number of fused-ring (bicyclic) bond motifs is 1. The van der Waals surface area contributed by atoms with E-state index in [1.807, 2.05) is 26.0 Å². The second-order valence-electron chi connectivity index (χ2n) is 5.84. The van der Waals surface area contributed by atoms with Crippen molar-refractivity contribution in [2.24, 2.45) is 0 Å². The maximum atomic E-state index is 4.75. The van der Waals surface area contributed by atoms with E-state index in [0.29, 0.717) is 0 Å². The zero-order chi connectivity index (χ0) is 16.9. The minimum absolute atomic E-state index is 0.804. The molecule has 0 unspecified atom stereocenters. The minimum Gasteiger partial charge on any atom is -0.312 e. The molecule has 0 saturated carbocycles. The molecule has 0 fully saturated rings. The largest absolute Gasteiger partial charge is 0.312 e. The molecule has 3 rings (SSSR count). The van der Waals surface area contributed by atoms with E-state index in [9.17, 15) is 0 Å². The molecule has 0 bridgehead atoms. The molecule has 0 spiro atoms. The lowest BCUT2D eigenvalue weighted by molar-refractivity contribution is 0.659. The van der Waals surface area contributed by atoms with Crippen molar-refractivity contribution >= 4 is 22.7 Å². The van der Waals surface area contributed by atoms with Gasteiger partial charge in [0.2, 0.25) is 0 Å². The van der Waals surface area contributed by atoms with Gasteiger partial charge in [0.05, 0.1) is 5.52 Å². The zero-order valence-electron chi connectivity index (χ0n) is 14.3. The summed E-state index contributed by atoms with van der Waals surface area (Å²) in [6.07, 6.45) is 2.90. The van der Waals surface area contributed by atoms with E-state index in [1.165, 1.54) is 10.9 Å². The molecule has 3 aromatic rings. The van der Waals surface area contributed by atoms with Crippen molar-refractivity contribution < 1.29 is 0 Å². The normalized spacial score (nSPS) is 11.1. The van der Waals surface area contributed by atoms with Crippen LogP contribution in [0.3, 0.4) is 0 Å². The van der Waals surface area contributed by atoms with Crippen LogP contribution >= 0.6 is 11.8 Å². The second kappa shape index (κ2) is 7.73. The maximum absolute atomic E-state index is 4.75. The van der Waals surface area contributed by atoms with Crippen LogP contribution in [0, 0.1) is 13.8 Å². The molecule has 0 aliphatic heterocycles. The van der Waals surface area contributed by atoms with Crippen molar-refractivity contribution in [2.45, 2.75) is 31.8 Å². The van der Waals surface area contributed by atoms with Gasteiger partial charge in [0, 0.05) is 36.3 Å². The number of rotatable bonds is 6. The van der Waals surface area contributed by atoms with Gasteiger partial charge >= 0.3 is 0 Å². The lowest BCUT2D eigenvalue weighted by Gasteiger charge is -2.10. The lowest BCUT2D eigenvalue weighted by atomic mass is 10.1. The highest BCUT2D eigenvalue weighted by molar-refractivity contribution is 7.98. The Hall–Kier alpha value is -1.98. The Bertz CT molecular complexity index is 828. The maximum Gasteiger partial charge on any atom is 0.130 e. The van der Waals surface area contributed by atoms with Crippen molar-refractivity contribution in [2.75, 3.05) is 12.8 Å².